The number of aliphatic hydroxyl groups is 2. The predicted molar refractivity (Wildman–Crippen MR) is 95.2 cm³/mol. The first-order chi connectivity index (χ1) is 13.6. The minimum Gasteiger partial charge on any atom is -0.396 e. The quantitative estimate of drug-likeness (QED) is 0.160. The van der Waals surface area contributed by atoms with Crippen LogP contribution in [-0.2, 0) is 31.6 Å². The number of aromatic amines is 1. The third kappa shape index (κ3) is 6.79. The summed E-state index contributed by atoms with van der Waals surface area (Å²) in [5.74, 6) is -1.12. The molecule has 0 spiro atoms. The number of nitrogens with one attached hydrogen (secondary N) is 1. The van der Waals surface area contributed by atoms with E-state index >= 15 is 0 Å². The van der Waals surface area contributed by atoms with Crippen molar-refractivity contribution in [2.24, 2.45) is 5.92 Å². The summed E-state index contributed by atoms with van der Waals surface area (Å²) in [6.45, 7) is -1.53. The fourth-order valence-electron chi connectivity index (χ4n) is 2.53. The van der Waals surface area contributed by atoms with Gasteiger partial charge < -0.3 is 34.2 Å². The molecule has 20 heteroatoms. The monoisotopic (exact) mass is 492 g/mol. The predicted octanol–water partition coefficient (Wildman–Crippen LogP) is -2.08. The van der Waals surface area contributed by atoms with Gasteiger partial charge in [-0.25, -0.2) is 18.2 Å². The molecule has 1 aromatic rings. The summed E-state index contributed by atoms with van der Waals surface area (Å²) in [7, 11) is -11.0. The van der Waals surface area contributed by atoms with Crippen molar-refractivity contribution in [1.29, 1.82) is 0 Å². The van der Waals surface area contributed by atoms with Gasteiger partial charge in [-0.05, 0) is 0 Å². The molecule has 16 nitrogen and oxygen atoms in total. The van der Waals surface area contributed by atoms with Crippen molar-refractivity contribution in [1.82, 2.24) is 9.55 Å². The lowest BCUT2D eigenvalue weighted by molar-refractivity contribution is -0.0512. The lowest BCUT2D eigenvalue weighted by Gasteiger charge is -2.22. The maximum absolute atomic E-state index is 12.0. The largest absolute Gasteiger partial charge is 0.487 e. The number of aromatic nitrogens is 2. The van der Waals surface area contributed by atoms with Crippen molar-refractivity contribution in [2.45, 2.75) is 18.4 Å². The zero-order valence-corrected chi connectivity index (χ0v) is 17.3. The highest BCUT2D eigenvalue weighted by Crippen LogP contribution is 2.66. The number of nitrogens with zero attached hydrogens (tertiary/aromatic N) is 1. The van der Waals surface area contributed by atoms with E-state index < -0.39 is 71.9 Å². The van der Waals surface area contributed by atoms with Crippen LogP contribution in [-0.4, -0.2) is 67.4 Å². The van der Waals surface area contributed by atoms with Crippen LogP contribution >= 0.6 is 23.1 Å². The minimum atomic E-state index is -5.60. The van der Waals surface area contributed by atoms with E-state index in [9.17, 15) is 33.5 Å². The number of rotatable bonds is 9. The first-order valence-electron chi connectivity index (χ1n) is 7.74. The Morgan fingerprint density at radius 2 is 1.83 bits per heavy atom. The van der Waals surface area contributed by atoms with Crippen LogP contribution in [0, 0.1) is 5.92 Å². The van der Waals surface area contributed by atoms with Crippen LogP contribution in [0.1, 0.15) is 6.23 Å². The highest BCUT2D eigenvalue weighted by molar-refractivity contribution is 7.84. The Labute approximate surface area is 168 Å². The Hall–Kier alpha value is -0.925. The van der Waals surface area contributed by atoms with E-state index in [4.69, 9.17) is 27.0 Å². The van der Waals surface area contributed by atoms with Gasteiger partial charge in [-0.1, -0.05) is 0 Å². The molecule has 0 aliphatic carbocycles. The van der Waals surface area contributed by atoms with Gasteiger partial charge >= 0.3 is 21.3 Å². The van der Waals surface area contributed by atoms with Gasteiger partial charge in [0.05, 0.1) is 19.3 Å². The van der Waals surface area contributed by atoms with Crippen molar-refractivity contribution in [3.63, 3.8) is 0 Å². The van der Waals surface area contributed by atoms with Crippen molar-refractivity contribution >= 4 is 30.7 Å². The number of hydrogen-bond acceptors (Lipinski definition) is 11. The van der Waals surface area contributed by atoms with Crippen molar-refractivity contribution in [2.75, 3.05) is 13.2 Å². The molecule has 168 valence electrons. The van der Waals surface area contributed by atoms with Crippen LogP contribution in [0.15, 0.2) is 21.9 Å². The van der Waals surface area contributed by atoms with Gasteiger partial charge in [0.15, 0.2) is 6.23 Å². The highest BCUT2D eigenvalue weighted by Gasteiger charge is 2.46. The molecule has 6 N–H and O–H groups in total. The van der Waals surface area contributed by atoms with E-state index in [2.05, 4.69) is 13.1 Å². The van der Waals surface area contributed by atoms with Crippen molar-refractivity contribution in [3.05, 3.63) is 33.1 Å². The number of aliphatic hydroxyl groups excluding tert-OH is 2. The summed E-state index contributed by atoms with van der Waals surface area (Å²) in [5.41, 5.74) is -1.65. The Kier molecular flexibility index (Phi) is 7.84. The number of phosphoric acid groups is 2. The van der Waals surface area contributed by atoms with Gasteiger partial charge in [0.25, 0.3) is 13.0 Å². The molecule has 2 heterocycles. The molecule has 0 amide bonds. The number of H-pyrrole nitrogens is 1. The zero-order chi connectivity index (χ0) is 22.9. The Balaban J connectivity index is 2.11. The Bertz CT molecular complexity index is 1020. The summed E-state index contributed by atoms with van der Waals surface area (Å²) in [6.07, 6.45) is -3.17. The van der Waals surface area contributed by atoms with E-state index in [-0.39, 0.29) is 0 Å². The molecule has 1 aromatic heterocycles. The average molecular weight is 492 g/mol. The van der Waals surface area contributed by atoms with Crippen LogP contribution in [0.5, 0.6) is 0 Å². The summed E-state index contributed by atoms with van der Waals surface area (Å²) < 4.78 is 52.2. The first-order valence-corrected chi connectivity index (χ1v) is 12.4. The number of hydrogen-bond donors (Lipinski definition) is 6. The molecule has 6 atom stereocenters. The van der Waals surface area contributed by atoms with Gasteiger partial charge in [-0.2, -0.15) is 4.31 Å². The van der Waals surface area contributed by atoms with E-state index in [0.717, 1.165) is 16.8 Å². The van der Waals surface area contributed by atoms with E-state index in [1.165, 1.54) is 0 Å². The van der Waals surface area contributed by atoms with Crippen LogP contribution in [0.3, 0.4) is 0 Å². The SMILES string of the molecule is [B]P(=O)(OC[C@H]1O[C@@H](n2ccc(=O)[nH]c2=O)[C@H](O)[C@@H]1CO)OP(=O)(O)OP(=O)(O)O. The molecule has 30 heavy (non-hydrogen) atoms. The smallest absolute Gasteiger partial charge is 0.396 e. The summed E-state index contributed by atoms with van der Waals surface area (Å²) in [5, 5.41) is 19.8. The van der Waals surface area contributed by atoms with Crippen molar-refractivity contribution in [3.8, 4) is 0 Å². The second kappa shape index (κ2) is 9.29. The molecular weight excluding hydrogens is 476 g/mol. The second-order valence-corrected chi connectivity index (χ2v) is 10.4. The topological polar surface area (TPSA) is 244 Å². The molecule has 0 aromatic carbocycles. The lowest BCUT2D eigenvalue weighted by atomic mass is 9.99. The fourth-order valence-corrected chi connectivity index (χ4v) is 5.69. The van der Waals surface area contributed by atoms with E-state index in [1.54, 1.807) is 0 Å². The third-order valence-corrected chi connectivity index (χ3v) is 7.63. The zero-order valence-electron chi connectivity index (χ0n) is 14.7. The molecule has 1 aliphatic rings. The van der Waals surface area contributed by atoms with Gasteiger partial charge in [-0.3, -0.25) is 18.9 Å². The van der Waals surface area contributed by atoms with Crippen LogP contribution in [0.2, 0.25) is 0 Å². The normalized spacial score (nSPS) is 28.7. The van der Waals surface area contributed by atoms with Gasteiger partial charge in [0.1, 0.15) is 6.10 Å². The molecule has 1 saturated heterocycles. The van der Waals surface area contributed by atoms with Crippen LogP contribution < -0.4 is 11.2 Å². The molecule has 0 bridgehead atoms. The van der Waals surface area contributed by atoms with Crippen LogP contribution in [0.25, 0.3) is 0 Å². The third-order valence-electron chi connectivity index (χ3n) is 3.70. The maximum Gasteiger partial charge on any atom is 0.487 e. The second-order valence-electron chi connectivity index (χ2n) is 5.88. The Morgan fingerprint density at radius 3 is 2.37 bits per heavy atom. The minimum absolute atomic E-state index is 0.709. The molecule has 2 rings (SSSR count). The van der Waals surface area contributed by atoms with E-state index in [1.807, 2.05) is 4.98 Å². The summed E-state index contributed by atoms with van der Waals surface area (Å²) >= 11 is 0. The molecule has 1 aliphatic heterocycles. The summed E-state index contributed by atoms with van der Waals surface area (Å²) in [4.78, 5) is 51.1. The lowest BCUT2D eigenvalue weighted by Crippen LogP contribution is -2.36. The standard InChI is InChI=1S/C10H16BN2O14P3/c11-28(18,26-30(22,23)27-29(19,20)21)24-4-6-5(3-14)8(16)9(25-6)13-2-1-7(15)12-10(13)17/h1-2,5-6,8-9,14,16H,3-4H2,(H,22,23)(H,12,15,17)(H2,19,20,21)/t5-,6-,8-,9-,28?/m1/s1. The summed E-state index contributed by atoms with van der Waals surface area (Å²) in [6, 6.07) is 0.969. The highest BCUT2D eigenvalue weighted by atomic mass is 31.3. The molecular formula is C10H16BN2O14P3. The maximum atomic E-state index is 12.0. The molecule has 1 fully saturated rings. The Morgan fingerprint density at radius 1 is 1.20 bits per heavy atom. The van der Waals surface area contributed by atoms with Gasteiger partial charge in [-0.15, -0.1) is 0 Å². The first kappa shape index (κ1) is 25.3. The average Bonchev–Trinajstić information content (AvgIpc) is 2.85. The molecule has 2 unspecified atom stereocenters. The van der Waals surface area contributed by atoms with Gasteiger partial charge in [0.2, 0.25) is 7.57 Å². The molecule has 0 saturated carbocycles. The van der Waals surface area contributed by atoms with Gasteiger partial charge in [0, 0.05) is 18.2 Å². The fraction of sp³-hybridized carbons (Fsp3) is 0.600. The van der Waals surface area contributed by atoms with E-state index in [0.29, 0.717) is 0 Å². The number of ether oxygens (including phenoxy) is 1. The van der Waals surface area contributed by atoms with Crippen molar-refractivity contribution < 1.29 is 56.5 Å². The molecule has 2 radical (unpaired) electrons. The van der Waals surface area contributed by atoms with Crippen LogP contribution in [0.4, 0.5) is 0 Å².